The van der Waals surface area contributed by atoms with E-state index in [1.54, 1.807) is 0 Å². The average molecular weight is 349 g/mol. The van der Waals surface area contributed by atoms with E-state index in [0.717, 1.165) is 24.2 Å². The van der Waals surface area contributed by atoms with Gasteiger partial charge in [-0.3, -0.25) is 4.72 Å². The smallest absolute Gasteiger partial charge is 0.244 e. The summed E-state index contributed by atoms with van der Waals surface area (Å²) in [5, 5.41) is 9.77. The number of nitrogens with zero attached hydrogens (tertiary/aromatic N) is 2. The fourth-order valence-electron chi connectivity index (χ4n) is 2.74. The standard InChI is InChI=1S/C15H19N5O3S/c21-24(22,8-7-10-5-6-10)20-15-17-14(18-19-15)16-12-9-23-13-4-2-1-3-11(12)13/h1-4,10,12H,5-9H2,(H3,16,17,18,19,20). The molecule has 1 fully saturated rings. The van der Waals surface area contributed by atoms with Crippen molar-refractivity contribution in [2.45, 2.75) is 25.3 Å². The molecule has 2 heterocycles. The van der Waals surface area contributed by atoms with Gasteiger partial charge >= 0.3 is 0 Å². The van der Waals surface area contributed by atoms with Gasteiger partial charge in [0.15, 0.2) is 0 Å². The topological polar surface area (TPSA) is 109 Å². The highest BCUT2D eigenvalue weighted by atomic mass is 32.2. The van der Waals surface area contributed by atoms with Crippen molar-refractivity contribution in [3.63, 3.8) is 0 Å². The lowest BCUT2D eigenvalue weighted by molar-refractivity contribution is 0.339. The van der Waals surface area contributed by atoms with Crippen LogP contribution >= 0.6 is 0 Å². The second kappa shape index (κ2) is 5.97. The van der Waals surface area contributed by atoms with E-state index in [0.29, 0.717) is 24.9 Å². The van der Waals surface area contributed by atoms with E-state index in [9.17, 15) is 8.42 Å². The minimum Gasteiger partial charge on any atom is -0.491 e. The van der Waals surface area contributed by atoms with Gasteiger partial charge in [0.1, 0.15) is 12.4 Å². The van der Waals surface area contributed by atoms with Gasteiger partial charge < -0.3 is 10.1 Å². The Morgan fingerprint density at radius 3 is 2.96 bits per heavy atom. The first kappa shape index (κ1) is 15.3. The van der Waals surface area contributed by atoms with Crippen LogP contribution in [0.5, 0.6) is 5.75 Å². The third kappa shape index (κ3) is 3.45. The number of sulfonamides is 1. The first-order valence-electron chi connectivity index (χ1n) is 8.00. The molecule has 1 unspecified atom stereocenters. The van der Waals surface area contributed by atoms with Gasteiger partial charge in [0, 0.05) is 5.56 Å². The van der Waals surface area contributed by atoms with E-state index in [1.165, 1.54) is 0 Å². The molecule has 1 atom stereocenters. The lowest BCUT2D eigenvalue weighted by Gasteiger charge is -2.08. The summed E-state index contributed by atoms with van der Waals surface area (Å²) >= 11 is 0. The van der Waals surface area contributed by atoms with Crippen LogP contribution in [0, 0.1) is 5.92 Å². The molecule has 2 aromatic rings. The van der Waals surface area contributed by atoms with Crippen LogP contribution in [0.25, 0.3) is 0 Å². The number of hydrogen-bond donors (Lipinski definition) is 3. The van der Waals surface area contributed by atoms with Gasteiger partial charge in [-0.25, -0.2) is 13.5 Å². The predicted molar refractivity (Wildman–Crippen MR) is 89.4 cm³/mol. The molecule has 1 aromatic heterocycles. The fraction of sp³-hybridized carbons (Fsp3) is 0.467. The van der Waals surface area contributed by atoms with E-state index in [2.05, 4.69) is 25.2 Å². The Hall–Kier alpha value is -2.29. The highest BCUT2D eigenvalue weighted by molar-refractivity contribution is 7.92. The largest absolute Gasteiger partial charge is 0.491 e. The van der Waals surface area contributed by atoms with Crippen LogP contribution in [-0.4, -0.2) is 36.0 Å². The fourth-order valence-corrected chi connectivity index (χ4v) is 3.87. The van der Waals surface area contributed by atoms with Gasteiger partial charge in [-0.05, 0) is 18.4 Å². The monoisotopic (exact) mass is 349 g/mol. The Bertz CT molecular complexity index is 831. The van der Waals surface area contributed by atoms with Gasteiger partial charge in [0.05, 0.1) is 11.8 Å². The van der Waals surface area contributed by atoms with Crippen molar-refractivity contribution >= 4 is 21.9 Å². The van der Waals surface area contributed by atoms with Gasteiger partial charge in [-0.2, -0.15) is 4.98 Å². The maximum Gasteiger partial charge on any atom is 0.244 e. The Morgan fingerprint density at radius 1 is 1.29 bits per heavy atom. The predicted octanol–water partition coefficient (Wildman–Crippen LogP) is 1.89. The van der Waals surface area contributed by atoms with Crippen LogP contribution in [-0.2, 0) is 10.0 Å². The van der Waals surface area contributed by atoms with Crippen molar-refractivity contribution in [2.24, 2.45) is 5.92 Å². The van der Waals surface area contributed by atoms with E-state index in [-0.39, 0.29) is 17.7 Å². The maximum atomic E-state index is 12.0. The van der Waals surface area contributed by atoms with E-state index >= 15 is 0 Å². The quantitative estimate of drug-likeness (QED) is 0.704. The number of benzene rings is 1. The van der Waals surface area contributed by atoms with Gasteiger partial charge in [-0.15, -0.1) is 5.10 Å². The lowest BCUT2D eigenvalue weighted by Crippen LogP contribution is -2.18. The number of aromatic amines is 1. The number of H-pyrrole nitrogens is 1. The summed E-state index contributed by atoms with van der Waals surface area (Å²) in [6.07, 6.45) is 2.97. The molecular formula is C15H19N5O3S. The molecule has 0 spiro atoms. The Labute approximate surface area is 140 Å². The third-order valence-electron chi connectivity index (χ3n) is 4.23. The molecule has 9 heteroatoms. The van der Waals surface area contributed by atoms with E-state index < -0.39 is 10.0 Å². The third-order valence-corrected chi connectivity index (χ3v) is 5.51. The van der Waals surface area contributed by atoms with Gasteiger partial charge in [0.25, 0.3) is 0 Å². The number of rotatable bonds is 7. The molecule has 128 valence electrons. The molecule has 0 saturated heterocycles. The zero-order valence-corrected chi connectivity index (χ0v) is 13.8. The molecule has 8 nitrogen and oxygen atoms in total. The van der Waals surface area contributed by atoms with Crippen molar-refractivity contribution < 1.29 is 13.2 Å². The molecular weight excluding hydrogens is 330 g/mol. The average Bonchev–Trinajstić information content (AvgIpc) is 3.17. The second-order valence-electron chi connectivity index (χ2n) is 6.21. The van der Waals surface area contributed by atoms with Crippen LogP contribution in [0.4, 0.5) is 11.9 Å². The first-order chi connectivity index (χ1) is 11.6. The Kier molecular flexibility index (Phi) is 3.79. The highest BCUT2D eigenvalue weighted by Crippen LogP contribution is 2.34. The zero-order valence-electron chi connectivity index (χ0n) is 13.0. The van der Waals surface area contributed by atoms with Crippen molar-refractivity contribution in [2.75, 3.05) is 22.4 Å². The summed E-state index contributed by atoms with van der Waals surface area (Å²) in [6, 6.07) is 7.70. The summed E-state index contributed by atoms with van der Waals surface area (Å²) in [4.78, 5) is 4.15. The lowest BCUT2D eigenvalue weighted by atomic mass is 10.1. The number of para-hydroxylation sites is 1. The summed E-state index contributed by atoms with van der Waals surface area (Å²) in [5.74, 6) is 1.98. The van der Waals surface area contributed by atoms with Crippen LogP contribution in [0.15, 0.2) is 24.3 Å². The molecule has 1 aromatic carbocycles. The van der Waals surface area contributed by atoms with Crippen molar-refractivity contribution in [3.05, 3.63) is 29.8 Å². The number of anilines is 2. The van der Waals surface area contributed by atoms with Gasteiger partial charge in [0.2, 0.25) is 21.9 Å². The minimum absolute atomic E-state index is 0.0590. The molecule has 1 aliphatic heterocycles. The first-order valence-corrected chi connectivity index (χ1v) is 9.65. The summed E-state index contributed by atoms with van der Waals surface area (Å²) in [6.45, 7) is 0.482. The zero-order chi connectivity index (χ0) is 16.6. The minimum atomic E-state index is -3.39. The number of aromatic nitrogens is 3. The summed E-state index contributed by atoms with van der Waals surface area (Å²) < 4.78 is 32.0. The SMILES string of the molecule is O=S(=O)(CCC1CC1)Nc1nc(NC2COc3ccccc32)n[nH]1. The van der Waals surface area contributed by atoms with Crippen molar-refractivity contribution in [1.29, 1.82) is 0 Å². The van der Waals surface area contributed by atoms with Crippen LogP contribution in [0.1, 0.15) is 30.9 Å². The van der Waals surface area contributed by atoms with Crippen molar-refractivity contribution in [1.82, 2.24) is 15.2 Å². The van der Waals surface area contributed by atoms with Crippen LogP contribution in [0.3, 0.4) is 0 Å². The molecule has 1 saturated carbocycles. The number of nitrogens with one attached hydrogen (secondary N) is 3. The van der Waals surface area contributed by atoms with Crippen LogP contribution in [0.2, 0.25) is 0 Å². The number of hydrogen-bond acceptors (Lipinski definition) is 6. The molecule has 0 radical (unpaired) electrons. The van der Waals surface area contributed by atoms with E-state index in [1.807, 2.05) is 24.3 Å². The molecule has 2 aliphatic rings. The van der Waals surface area contributed by atoms with Gasteiger partial charge in [-0.1, -0.05) is 31.0 Å². The summed E-state index contributed by atoms with van der Waals surface area (Å²) in [5.41, 5.74) is 1.04. The molecule has 3 N–H and O–H groups in total. The van der Waals surface area contributed by atoms with Crippen molar-refractivity contribution in [3.8, 4) is 5.75 Å². The molecule has 1 aliphatic carbocycles. The maximum absolute atomic E-state index is 12.0. The second-order valence-corrected chi connectivity index (χ2v) is 8.05. The normalized spacial score (nSPS) is 19.6. The molecule has 4 rings (SSSR count). The van der Waals surface area contributed by atoms with E-state index in [4.69, 9.17) is 4.74 Å². The van der Waals surface area contributed by atoms with Crippen LogP contribution < -0.4 is 14.8 Å². The number of ether oxygens (including phenoxy) is 1. The highest BCUT2D eigenvalue weighted by Gasteiger charge is 2.26. The number of fused-ring (bicyclic) bond motifs is 1. The molecule has 0 bridgehead atoms. The molecule has 0 amide bonds. The molecule has 24 heavy (non-hydrogen) atoms. The Balaban J connectivity index is 1.38. The Morgan fingerprint density at radius 2 is 2.12 bits per heavy atom. The summed E-state index contributed by atoms with van der Waals surface area (Å²) in [7, 11) is -3.39.